The van der Waals surface area contributed by atoms with E-state index in [1.54, 1.807) is 35.4 Å². The molecule has 0 aliphatic heterocycles. The van der Waals surface area contributed by atoms with E-state index in [0.29, 0.717) is 36.2 Å². The number of benzene rings is 1. The van der Waals surface area contributed by atoms with Gasteiger partial charge in [0.1, 0.15) is 12.7 Å². The summed E-state index contributed by atoms with van der Waals surface area (Å²) in [7, 11) is 0. The van der Waals surface area contributed by atoms with Crippen molar-refractivity contribution in [3.05, 3.63) is 54.7 Å². The Balaban J connectivity index is 1.64. The van der Waals surface area contributed by atoms with E-state index in [1.807, 2.05) is 26.0 Å². The highest BCUT2D eigenvalue weighted by Crippen LogP contribution is 2.31. The molecule has 0 aliphatic rings. The van der Waals surface area contributed by atoms with Gasteiger partial charge in [-0.25, -0.2) is 19.4 Å². The Morgan fingerprint density at radius 2 is 1.90 bits per heavy atom. The number of urea groups is 1. The van der Waals surface area contributed by atoms with E-state index in [0.717, 1.165) is 18.4 Å². The van der Waals surface area contributed by atoms with Crippen molar-refractivity contribution in [1.29, 1.82) is 0 Å². The van der Waals surface area contributed by atoms with E-state index in [1.165, 1.54) is 6.33 Å². The van der Waals surface area contributed by atoms with Gasteiger partial charge in [0.05, 0.1) is 13.2 Å². The minimum atomic E-state index is -0.341. The fourth-order valence-electron chi connectivity index (χ4n) is 2.68. The molecule has 1 aromatic carbocycles. The van der Waals surface area contributed by atoms with E-state index in [2.05, 4.69) is 25.7 Å². The van der Waals surface area contributed by atoms with Gasteiger partial charge in [-0.15, -0.1) is 0 Å². The maximum Gasteiger partial charge on any atom is 0.319 e. The maximum absolute atomic E-state index is 12.4. The summed E-state index contributed by atoms with van der Waals surface area (Å²) >= 11 is 0. The number of pyridine rings is 1. The number of nitrogens with one attached hydrogen (secondary N) is 2. The van der Waals surface area contributed by atoms with Crippen molar-refractivity contribution in [2.24, 2.45) is 0 Å². The van der Waals surface area contributed by atoms with Crippen LogP contribution in [-0.4, -0.2) is 39.0 Å². The molecule has 3 rings (SSSR count). The molecule has 30 heavy (non-hydrogen) atoms. The summed E-state index contributed by atoms with van der Waals surface area (Å²) in [5, 5.41) is 9.76. The number of carbonyl (C=O) groups excluding carboxylic acids is 1. The van der Waals surface area contributed by atoms with Crippen LogP contribution in [0.5, 0.6) is 11.5 Å². The predicted octanol–water partition coefficient (Wildman–Crippen LogP) is 3.56. The Kier molecular flexibility index (Phi) is 7.59. The lowest BCUT2D eigenvalue weighted by molar-refractivity contribution is 0.251. The van der Waals surface area contributed by atoms with Crippen LogP contribution in [0.2, 0.25) is 0 Å². The number of carbonyl (C=O) groups is 1. The molecule has 2 amide bonds. The van der Waals surface area contributed by atoms with Crippen LogP contribution < -0.4 is 20.1 Å². The number of rotatable bonds is 10. The van der Waals surface area contributed by atoms with Gasteiger partial charge in [0.25, 0.3) is 0 Å². The van der Waals surface area contributed by atoms with Crippen molar-refractivity contribution in [3.8, 4) is 17.3 Å². The predicted molar refractivity (Wildman–Crippen MR) is 113 cm³/mol. The number of hydrogen-bond acceptors (Lipinski definition) is 6. The zero-order valence-electron chi connectivity index (χ0n) is 17.2. The number of hydrogen-bond donors (Lipinski definition) is 2. The van der Waals surface area contributed by atoms with Crippen LogP contribution >= 0.6 is 0 Å². The molecule has 3 aromatic rings. The standard InChI is InChI=1S/C21H26N6O3/c1-3-10-29-18-8-7-17(12-19(18)30-11-4-2)26-21(28)24-13-16-6-5-9-23-20(16)27-15-22-14-25-27/h5-9,12,14-15H,3-4,10-11,13H2,1-2H3,(H2,24,26,28). The molecule has 0 fully saturated rings. The second-order valence-corrected chi connectivity index (χ2v) is 6.49. The summed E-state index contributed by atoms with van der Waals surface area (Å²) < 4.78 is 13.1. The molecule has 0 saturated heterocycles. The third kappa shape index (κ3) is 5.69. The molecule has 2 aromatic heterocycles. The van der Waals surface area contributed by atoms with Gasteiger partial charge < -0.3 is 20.1 Å². The molecular formula is C21H26N6O3. The highest BCUT2D eigenvalue weighted by atomic mass is 16.5. The second-order valence-electron chi connectivity index (χ2n) is 6.49. The van der Waals surface area contributed by atoms with Gasteiger partial charge in [0.2, 0.25) is 0 Å². The zero-order chi connectivity index (χ0) is 21.2. The number of ether oxygens (including phenoxy) is 2. The van der Waals surface area contributed by atoms with Crippen molar-refractivity contribution >= 4 is 11.7 Å². The smallest absolute Gasteiger partial charge is 0.319 e. The Bertz CT molecular complexity index is 946. The lowest BCUT2D eigenvalue weighted by atomic mass is 10.2. The number of aromatic nitrogens is 4. The Hall–Kier alpha value is -3.62. The van der Waals surface area contributed by atoms with E-state index in [9.17, 15) is 4.79 Å². The van der Waals surface area contributed by atoms with Crippen molar-refractivity contribution in [3.63, 3.8) is 0 Å². The number of nitrogens with zero attached hydrogens (tertiary/aromatic N) is 4. The monoisotopic (exact) mass is 410 g/mol. The summed E-state index contributed by atoms with van der Waals surface area (Å²) in [5.41, 5.74) is 1.43. The van der Waals surface area contributed by atoms with E-state index in [4.69, 9.17) is 9.47 Å². The van der Waals surface area contributed by atoms with E-state index >= 15 is 0 Å². The summed E-state index contributed by atoms with van der Waals surface area (Å²) in [6, 6.07) is 8.70. The van der Waals surface area contributed by atoms with Crippen LogP contribution in [-0.2, 0) is 6.54 Å². The van der Waals surface area contributed by atoms with Crippen LogP contribution in [0.4, 0.5) is 10.5 Å². The molecule has 9 heteroatoms. The minimum absolute atomic E-state index is 0.283. The second kappa shape index (κ2) is 10.8. The fraction of sp³-hybridized carbons (Fsp3) is 0.333. The first-order chi connectivity index (χ1) is 14.7. The van der Waals surface area contributed by atoms with Crippen LogP contribution in [0.15, 0.2) is 49.2 Å². The molecule has 158 valence electrons. The normalized spacial score (nSPS) is 10.5. The third-order valence-corrected chi connectivity index (χ3v) is 4.07. The van der Waals surface area contributed by atoms with Gasteiger partial charge in [0.15, 0.2) is 17.3 Å². The number of anilines is 1. The first kappa shape index (κ1) is 21.1. The minimum Gasteiger partial charge on any atom is -0.490 e. The third-order valence-electron chi connectivity index (χ3n) is 4.07. The quantitative estimate of drug-likeness (QED) is 0.530. The van der Waals surface area contributed by atoms with Crippen molar-refractivity contribution < 1.29 is 14.3 Å². The number of amides is 2. The summed E-state index contributed by atoms with van der Waals surface area (Å²) in [6.45, 7) is 5.54. The van der Waals surface area contributed by atoms with Gasteiger partial charge in [-0.2, -0.15) is 5.10 Å². The molecule has 0 spiro atoms. The highest BCUT2D eigenvalue weighted by molar-refractivity contribution is 5.89. The Morgan fingerprint density at radius 1 is 1.10 bits per heavy atom. The van der Waals surface area contributed by atoms with Crippen LogP contribution in [0.1, 0.15) is 32.3 Å². The van der Waals surface area contributed by atoms with Crippen molar-refractivity contribution in [1.82, 2.24) is 25.1 Å². The molecule has 0 saturated carbocycles. The van der Waals surface area contributed by atoms with Gasteiger partial charge >= 0.3 is 6.03 Å². The van der Waals surface area contributed by atoms with Gasteiger partial charge in [0, 0.05) is 30.1 Å². The van der Waals surface area contributed by atoms with Gasteiger partial charge in [-0.3, -0.25) is 0 Å². The highest BCUT2D eigenvalue weighted by Gasteiger charge is 2.11. The van der Waals surface area contributed by atoms with Gasteiger partial charge in [-0.1, -0.05) is 19.9 Å². The van der Waals surface area contributed by atoms with Gasteiger partial charge in [-0.05, 0) is 31.0 Å². The largest absolute Gasteiger partial charge is 0.490 e. The molecule has 2 N–H and O–H groups in total. The molecule has 0 atom stereocenters. The molecule has 0 radical (unpaired) electrons. The Morgan fingerprint density at radius 3 is 2.63 bits per heavy atom. The SMILES string of the molecule is CCCOc1ccc(NC(=O)NCc2cccnc2-n2cncn2)cc1OCCC. The summed E-state index contributed by atoms with van der Waals surface area (Å²) in [6.07, 6.45) is 6.45. The molecular weight excluding hydrogens is 384 g/mol. The fourth-order valence-corrected chi connectivity index (χ4v) is 2.68. The molecule has 9 nitrogen and oxygen atoms in total. The van der Waals surface area contributed by atoms with E-state index < -0.39 is 0 Å². The molecule has 0 aliphatic carbocycles. The topological polar surface area (TPSA) is 103 Å². The Labute approximate surface area is 175 Å². The molecule has 0 unspecified atom stereocenters. The summed E-state index contributed by atoms with van der Waals surface area (Å²) in [4.78, 5) is 20.7. The zero-order valence-corrected chi connectivity index (χ0v) is 17.2. The lowest BCUT2D eigenvalue weighted by Crippen LogP contribution is -2.28. The lowest BCUT2D eigenvalue weighted by Gasteiger charge is -2.14. The van der Waals surface area contributed by atoms with Crippen LogP contribution in [0.25, 0.3) is 5.82 Å². The average molecular weight is 410 g/mol. The van der Waals surface area contributed by atoms with E-state index in [-0.39, 0.29) is 12.6 Å². The van der Waals surface area contributed by atoms with Crippen LogP contribution in [0.3, 0.4) is 0 Å². The first-order valence-corrected chi connectivity index (χ1v) is 9.94. The van der Waals surface area contributed by atoms with Crippen molar-refractivity contribution in [2.45, 2.75) is 33.2 Å². The summed E-state index contributed by atoms with van der Waals surface area (Å²) in [5.74, 6) is 1.90. The average Bonchev–Trinajstić information content (AvgIpc) is 3.30. The molecule has 0 bridgehead atoms. The maximum atomic E-state index is 12.4. The van der Waals surface area contributed by atoms with Crippen LogP contribution in [0, 0.1) is 0 Å². The molecule has 2 heterocycles. The first-order valence-electron chi connectivity index (χ1n) is 9.94. The van der Waals surface area contributed by atoms with Crippen molar-refractivity contribution in [2.75, 3.05) is 18.5 Å².